The second-order valence-electron chi connectivity index (χ2n) is 3.54. The van der Waals surface area contributed by atoms with E-state index in [0.717, 1.165) is 10.9 Å². The first-order chi connectivity index (χ1) is 7.08. The van der Waals surface area contributed by atoms with Gasteiger partial charge in [0.15, 0.2) is 5.78 Å². The molecule has 0 bridgehead atoms. The fraction of sp³-hybridized carbons (Fsp3) is 0.167. The number of ketones is 1. The summed E-state index contributed by atoms with van der Waals surface area (Å²) in [5.74, 6) is -0.271. The zero-order valence-corrected chi connectivity index (χ0v) is 8.53. The fourth-order valence-electron chi connectivity index (χ4n) is 1.49. The Morgan fingerprint density at radius 2 is 2.00 bits per heavy atom. The molecule has 0 saturated carbocycles. The van der Waals surface area contributed by atoms with E-state index >= 15 is 0 Å². The van der Waals surface area contributed by atoms with Crippen molar-refractivity contribution in [2.45, 2.75) is 13.8 Å². The molecular weight excluding hydrogens is 192 g/mol. The van der Waals surface area contributed by atoms with E-state index in [4.69, 9.17) is 4.42 Å². The Balaban J connectivity index is 2.83. The fourth-order valence-corrected chi connectivity index (χ4v) is 1.49. The zero-order chi connectivity index (χ0) is 11.0. The smallest absolute Gasteiger partial charge is 0.347 e. The molecule has 1 aromatic heterocycles. The molecule has 2 rings (SSSR count). The second-order valence-corrected chi connectivity index (χ2v) is 3.54. The van der Waals surface area contributed by atoms with Crippen LogP contribution in [-0.2, 0) is 0 Å². The Morgan fingerprint density at radius 1 is 1.27 bits per heavy atom. The van der Waals surface area contributed by atoms with Crippen LogP contribution in [0.5, 0.6) is 0 Å². The number of hydrogen-bond donors (Lipinski definition) is 0. The highest BCUT2D eigenvalue weighted by Gasteiger charge is 2.08. The van der Waals surface area contributed by atoms with Gasteiger partial charge in [-0.3, -0.25) is 4.79 Å². The van der Waals surface area contributed by atoms with E-state index in [9.17, 15) is 9.59 Å². The third kappa shape index (κ3) is 1.68. The minimum absolute atomic E-state index is 0.105. The summed E-state index contributed by atoms with van der Waals surface area (Å²) in [5, 5.41) is 0.778. The minimum Gasteiger partial charge on any atom is -0.422 e. The summed E-state index contributed by atoms with van der Waals surface area (Å²) < 4.78 is 5.03. The Kier molecular flexibility index (Phi) is 2.15. The largest absolute Gasteiger partial charge is 0.422 e. The maximum atomic E-state index is 11.4. The Morgan fingerprint density at radius 3 is 2.67 bits per heavy atom. The number of benzene rings is 1. The van der Waals surface area contributed by atoms with Crippen LogP contribution in [0.3, 0.4) is 0 Å². The summed E-state index contributed by atoms with van der Waals surface area (Å²) in [6.45, 7) is 3.30. The first-order valence-corrected chi connectivity index (χ1v) is 4.63. The molecule has 0 N–H and O–H groups in total. The highest BCUT2D eigenvalue weighted by molar-refractivity contribution is 5.96. The lowest BCUT2D eigenvalue weighted by atomic mass is 10.1. The molecule has 0 aliphatic rings. The van der Waals surface area contributed by atoms with Crippen molar-refractivity contribution in [1.82, 2.24) is 0 Å². The third-order valence-corrected chi connectivity index (χ3v) is 2.27. The molecule has 1 aromatic carbocycles. The number of carbonyl (C=O) groups excluding carboxylic acids is 1. The van der Waals surface area contributed by atoms with Gasteiger partial charge in [-0.25, -0.2) is 4.79 Å². The van der Waals surface area contributed by atoms with E-state index in [1.807, 2.05) is 19.1 Å². The molecule has 0 radical (unpaired) electrons. The molecule has 15 heavy (non-hydrogen) atoms. The number of aryl methyl sites for hydroxylation is 1. The monoisotopic (exact) mass is 202 g/mol. The van der Waals surface area contributed by atoms with E-state index in [0.29, 0.717) is 5.58 Å². The van der Waals surface area contributed by atoms with Gasteiger partial charge in [0.25, 0.3) is 0 Å². The maximum absolute atomic E-state index is 11.4. The standard InChI is InChI=1S/C12H10O3/c1-7-3-4-11-9(5-7)6-10(8(2)13)12(14)15-11/h3-6H,1-2H3. The predicted molar refractivity (Wildman–Crippen MR) is 57.2 cm³/mol. The second kappa shape index (κ2) is 3.35. The average Bonchev–Trinajstić information content (AvgIpc) is 2.17. The molecule has 76 valence electrons. The van der Waals surface area contributed by atoms with Crippen molar-refractivity contribution in [3.8, 4) is 0 Å². The van der Waals surface area contributed by atoms with Gasteiger partial charge in [0.05, 0.1) is 0 Å². The number of rotatable bonds is 1. The van der Waals surface area contributed by atoms with Gasteiger partial charge in [0, 0.05) is 5.39 Å². The van der Waals surface area contributed by atoms with Gasteiger partial charge in [-0.1, -0.05) is 11.6 Å². The lowest BCUT2D eigenvalue weighted by Gasteiger charge is -1.99. The Hall–Kier alpha value is -1.90. The molecule has 3 nitrogen and oxygen atoms in total. The van der Waals surface area contributed by atoms with Crippen molar-refractivity contribution < 1.29 is 9.21 Å². The minimum atomic E-state index is -0.571. The Bertz CT molecular complexity index is 593. The van der Waals surface area contributed by atoms with E-state index < -0.39 is 5.63 Å². The van der Waals surface area contributed by atoms with Gasteiger partial charge in [-0.15, -0.1) is 0 Å². The summed E-state index contributed by atoms with van der Waals surface area (Å²) in [7, 11) is 0. The van der Waals surface area contributed by atoms with Gasteiger partial charge in [-0.05, 0) is 32.0 Å². The average molecular weight is 202 g/mol. The van der Waals surface area contributed by atoms with Crippen LogP contribution >= 0.6 is 0 Å². The van der Waals surface area contributed by atoms with Crippen molar-refractivity contribution in [1.29, 1.82) is 0 Å². The molecule has 1 heterocycles. The number of carbonyl (C=O) groups is 1. The summed E-state index contributed by atoms with van der Waals surface area (Å²) in [5.41, 5.74) is 1.11. The maximum Gasteiger partial charge on any atom is 0.347 e. The van der Waals surface area contributed by atoms with Crippen molar-refractivity contribution in [2.24, 2.45) is 0 Å². The number of Topliss-reactive ketones (excluding diaryl/α,β-unsaturated/α-hetero) is 1. The molecule has 0 atom stereocenters. The zero-order valence-electron chi connectivity index (χ0n) is 8.53. The van der Waals surface area contributed by atoms with Gasteiger partial charge in [0.2, 0.25) is 0 Å². The highest BCUT2D eigenvalue weighted by Crippen LogP contribution is 2.15. The van der Waals surface area contributed by atoms with Gasteiger partial charge >= 0.3 is 5.63 Å². The summed E-state index contributed by atoms with van der Waals surface area (Å²) in [6.07, 6.45) is 0. The molecule has 0 aliphatic heterocycles. The molecule has 0 unspecified atom stereocenters. The van der Waals surface area contributed by atoms with Gasteiger partial charge < -0.3 is 4.42 Å². The third-order valence-electron chi connectivity index (χ3n) is 2.27. The van der Waals surface area contributed by atoms with Crippen molar-refractivity contribution in [3.63, 3.8) is 0 Å². The van der Waals surface area contributed by atoms with Crippen LogP contribution in [0.4, 0.5) is 0 Å². The topological polar surface area (TPSA) is 47.3 Å². The van der Waals surface area contributed by atoms with E-state index in [-0.39, 0.29) is 11.3 Å². The van der Waals surface area contributed by atoms with Crippen LogP contribution < -0.4 is 5.63 Å². The van der Waals surface area contributed by atoms with Gasteiger partial charge in [-0.2, -0.15) is 0 Å². The predicted octanol–water partition coefficient (Wildman–Crippen LogP) is 2.30. The highest BCUT2D eigenvalue weighted by atomic mass is 16.4. The molecule has 2 aromatic rings. The summed E-state index contributed by atoms with van der Waals surface area (Å²) >= 11 is 0. The summed E-state index contributed by atoms with van der Waals surface area (Å²) in [6, 6.07) is 7.05. The van der Waals surface area contributed by atoms with Crippen molar-refractivity contribution >= 4 is 16.8 Å². The Labute approximate surface area is 86.3 Å². The molecule has 0 spiro atoms. The van der Waals surface area contributed by atoms with Crippen molar-refractivity contribution in [2.75, 3.05) is 0 Å². The molecule has 0 aliphatic carbocycles. The number of fused-ring (bicyclic) bond motifs is 1. The molecule has 3 heteroatoms. The lowest BCUT2D eigenvalue weighted by molar-refractivity contribution is 0.101. The molecule has 0 fully saturated rings. The first-order valence-electron chi connectivity index (χ1n) is 4.63. The molecular formula is C12H10O3. The van der Waals surface area contributed by atoms with Gasteiger partial charge in [0.1, 0.15) is 11.1 Å². The van der Waals surface area contributed by atoms with Crippen LogP contribution in [0, 0.1) is 6.92 Å². The van der Waals surface area contributed by atoms with Crippen molar-refractivity contribution in [3.05, 3.63) is 45.8 Å². The summed E-state index contributed by atoms with van der Waals surface area (Å²) in [4.78, 5) is 22.5. The van der Waals surface area contributed by atoms with E-state index in [1.165, 1.54) is 6.92 Å². The SMILES string of the molecule is CC(=O)c1cc2cc(C)ccc2oc1=O. The molecule has 0 amide bonds. The number of hydrogen-bond acceptors (Lipinski definition) is 3. The van der Waals surface area contributed by atoms with Crippen LogP contribution in [0.2, 0.25) is 0 Å². The van der Waals surface area contributed by atoms with Crippen LogP contribution in [0.15, 0.2) is 33.5 Å². The van der Waals surface area contributed by atoms with E-state index in [2.05, 4.69) is 0 Å². The molecule has 0 saturated heterocycles. The first kappa shape index (κ1) is 9.65. The lowest BCUT2D eigenvalue weighted by Crippen LogP contribution is -2.10. The quantitative estimate of drug-likeness (QED) is 0.526. The van der Waals surface area contributed by atoms with Crippen LogP contribution in [0.1, 0.15) is 22.8 Å². The van der Waals surface area contributed by atoms with E-state index in [1.54, 1.807) is 12.1 Å². The normalized spacial score (nSPS) is 10.5. The van der Waals surface area contributed by atoms with Crippen LogP contribution in [-0.4, -0.2) is 5.78 Å². The van der Waals surface area contributed by atoms with Crippen LogP contribution in [0.25, 0.3) is 11.0 Å².